The molecule has 422 valence electrons. The first-order chi connectivity index (χ1) is 35.2. The van der Waals surface area contributed by atoms with Crippen molar-refractivity contribution in [1.82, 2.24) is 15.7 Å². The number of hydroxylamine groups is 2. The largest absolute Gasteiger partial charge is 1.00 e. The van der Waals surface area contributed by atoms with Crippen LogP contribution in [0.5, 0.6) is 0 Å². The van der Waals surface area contributed by atoms with Gasteiger partial charge in [0.1, 0.15) is 18.3 Å². The summed E-state index contributed by atoms with van der Waals surface area (Å²) in [7, 11) is 0. The molecular formula is C48H71ClN4O19Te3. The smallest absolute Gasteiger partial charge is 0.211 e. The molecule has 4 aliphatic heterocycles. The van der Waals surface area contributed by atoms with Gasteiger partial charge in [-0.3, -0.25) is 0 Å². The fraction of sp³-hybridized carbons (Fsp3) is 0.625. The number of amides is 4. The monoisotopic (exact) mass is 1430 g/mol. The zero-order valence-corrected chi connectivity index (χ0v) is 49.7. The van der Waals surface area contributed by atoms with Crippen LogP contribution in [0.3, 0.4) is 0 Å². The van der Waals surface area contributed by atoms with E-state index in [1.807, 2.05) is 24.3 Å². The van der Waals surface area contributed by atoms with Crippen LogP contribution in [0.2, 0.25) is 0 Å². The van der Waals surface area contributed by atoms with Crippen molar-refractivity contribution in [2.45, 2.75) is 165 Å². The van der Waals surface area contributed by atoms with Crippen molar-refractivity contribution in [3.63, 3.8) is 0 Å². The van der Waals surface area contributed by atoms with Gasteiger partial charge in [0, 0.05) is 0 Å². The second-order valence-electron chi connectivity index (χ2n) is 17.9. The number of halogens is 1. The molecule has 0 aromatic carbocycles. The number of nitrogens with zero attached hydrogens (tertiary/aromatic N) is 1. The Morgan fingerprint density at radius 2 is 1.12 bits per heavy atom. The minimum Gasteiger partial charge on any atom is -1.00 e. The predicted molar refractivity (Wildman–Crippen MR) is 262 cm³/mol. The molecule has 23 nitrogen and oxygen atoms in total. The van der Waals surface area contributed by atoms with E-state index in [0.717, 1.165) is 12.8 Å². The van der Waals surface area contributed by atoms with Gasteiger partial charge in [-0.25, -0.2) is 0 Å². The van der Waals surface area contributed by atoms with Gasteiger partial charge in [0.15, 0.2) is 6.04 Å². The molecule has 4 amide bonds. The Balaban J connectivity index is 0.000000269. The van der Waals surface area contributed by atoms with Gasteiger partial charge in [0.25, 0.3) is 0 Å². The Morgan fingerprint density at radius 3 is 1.56 bits per heavy atom. The van der Waals surface area contributed by atoms with Crippen molar-refractivity contribution in [2.75, 3.05) is 13.2 Å². The number of hydrogen-bond donors (Lipinski definition) is 11. The number of rotatable bonds is 16. The number of aryl methyl sites for hydroxylation is 3. The maximum absolute atomic E-state index is 12.4. The van der Waals surface area contributed by atoms with Gasteiger partial charge in [0.05, 0.1) is 6.61 Å². The molecule has 9 unspecified atom stereocenters. The number of quaternary nitrogens is 1. The maximum Gasteiger partial charge on any atom is 0.211 e. The van der Waals surface area contributed by atoms with E-state index in [9.17, 15) is 54.3 Å². The van der Waals surface area contributed by atoms with Crippen LogP contribution in [0.15, 0.2) is 48.6 Å². The number of carbonyl (C=O) groups is 6. The molecule has 4 saturated heterocycles. The number of ether oxygens (including phenoxy) is 4. The molecule has 27 heteroatoms. The first kappa shape index (κ1) is 66.9. The molecule has 0 saturated carbocycles. The molecule has 75 heavy (non-hydrogen) atoms. The Hall–Kier alpha value is -2.36. The summed E-state index contributed by atoms with van der Waals surface area (Å²) < 4.78 is 31.5. The molecule has 0 radical (unpaired) electrons. The number of aliphatic hydroxyl groups excluding tert-OH is 8. The van der Waals surface area contributed by atoms with Crippen molar-refractivity contribution in [1.29, 1.82) is 0 Å². The van der Waals surface area contributed by atoms with Crippen LogP contribution < -0.4 is 28.8 Å². The van der Waals surface area contributed by atoms with E-state index in [4.69, 9.17) is 39.1 Å². The average molecular weight is 1430 g/mol. The zero-order valence-electron chi connectivity index (χ0n) is 42.0. The molecule has 3 aromatic rings. The van der Waals surface area contributed by atoms with E-state index in [0.29, 0.717) is 30.2 Å². The first-order valence-electron chi connectivity index (χ1n) is 24.2. The Kier molecular flexibility index (Phi) is 30.3. The van der Waals surface area contributed by atoms with Crippen LogP contribution in [0, 0.1) is 11.8 Å². The molecule has 15 atom stereocenters. The van der Waals surface area contributed by atoms with Gasteiger partial charge < -0.3 is 43.3 Å². The molecule has 7 heterocycles. The predicted octanol–water partition coefficient (Wildman–Crippen LogP) is -6.96. The fourth-order valence-corrected chi connectivity index (χ4v) is 14.1. The molecule has 0 spiro atoms. The second kappa shape index (κ2) is 33.9. The van der Waals surface area contributed by atoms with Crippen molar-refractivity contribution in [3.8, 4) is 0 Å². The minimum absolute atomic E-state index is 0. The average Bonchev–Trinajstić information content (AvgIpc) is 4.25. The van der Waals surface area contributed by atoms with E-state index >= 15 is 0 Å². The van der Waals surface area contributed by atoms with Crippen molar-refractivity contribution < 1.29 is 112 Å². The van der Waals surface area contributed by atoms with Crippen LogP contribution in [0.25, 0.3) is 0 Å². The molecule has 0 bridgehead atoms. The van der Waals surface area contributed by atoms with E-state index in [2.05, 4.69) is 61.5 Å². The summed E-state index contributed by atoms with van der Waals surface area (Å²) in [6, 6.07) is 10.0. The molecular weight excluding hydrogens is 1350 g/mol. The first-order valence-corrected chi connectivity index (χ1v) is 31.7. The molecule has 4 fully saturated rings. The van der Waals surface area contributed by atoms with Gasteiger partial charge in [-0.2, -0.15) is 0 Å². The quantitative estimate of drug-likeness (QED) is 0.0361. The SMILES string of the molecule is CCC1OC(OC(C)=O)C(NC(=O)CCc2ccc[te]2)[C@@H](C)[C@@H]1C.O=C(CCc1ccc[te]1)NC1C(O)OC(CO)[C@@H](O)[C@@H]1O.O=C(CCc1ccc[te]1)ON1C(=O)CCC1=O.[Cl-].[NH3+]C1C(O)OC(CO)[C@@H](O)[C@@H]1O. The third kappa shape index (κ3) is 21.0. The standard InChI is InChI=1S/C18H27NO4Te.C13H19NO6Te.C11H11NO4Te.C6H13NO5.ClH/c1-5-15-11(2)12(3)17(18(23-15)22-13(4)20)19-16(21)9-8-14-7-6-10-24-14;15-6-8-11(17)12(18)10(13(19)20-8)14-9(16)4-3-7-2-1-5-21-7;13-9-4-5-10(14)12(9)16-11(15)6-3-8-2-1-7-17-8;7-3-5(10)4(9)2(1-8)12-6(3)11;/h6-7,10-12,15,17-18H,5,8-9H2,1-4H3,(H,19,21);1-2,5,8,10-13,15,17-19H,3-4,6H2,(H,14,16);1-2,7H,3-6H2;2-6,8-11H,1,7H2;1H/t11-,12-,15?,17?,18?;8?,10?,11-,12-,13?;;2?,3?,4-,5-,6?;/m01.1./s1. The number of imide groups is 1. The third-order valence-electron chi connectivity index (χ3n) is 12.6. The summed E-state index contributed by atoms with van der Waals surface area (Å²) in [5.41, 5.74) is 3.41. The van der Waals surface area contributed by atoms with Crippen LogP contribution in [-0.2, 0) is 71.8 Å². The summed E-state index contributed by atoms with van der Waals surface area (Å²) in [6.45, 7) is 6.68. The van der Waals surface area contributed by atoms with Crippen molar-refractivity contribution in [3.05, 3.63) is 59.4 Å². The van der Waals surface area contributed by atoms with Crippen molar-refractivity contribution >= 4 is 96.9 Å². The number of esters is 1. The number of nitrogens with one attached hydrogen (secondary N) is 2. The maximum atomic E-state index is 12.4. The van der Waals surface area contributed by atoms with Gasteiger partial charge in [-0.05, 0) is 0 Å². The molecule has 7 rings (SSSR count). The minimum atomic E-state index is -1.47. The van der Waals surface area contributed by atoms with Gasteiger partial charge in [-0.1, -0.05) is 0 Å². The fourth-order valence-electron chi connectivity index (χ4n) is 8.02. The third-order valence-corrected chi connectivity index (χ3v) is 20.6. The normalized spacial score (nSPS) is 30.1. The topological polar surface area (TPSA) is 365 Å². The van der Waals surface area contributed by atoms with Crippen LogP contribution in [-0.4, -0.2) is 236 Å². The zero-order chi connectivity index (χ0) is 54.6. The van der Waals surface area contributed by atoms with Crippen molar-refractivity contribution in [2.24, 2.45) is 11.8 Å². The van der Waals surface area contributed by atoms with E-state index < -0.39 is 98.6 Å². The van der Waals surface area contributed by atoms with Gasteiger partial charge in [-0.15, -0.1) is 0 Å². The Labute approximate surface area is 470 Å². The molecule has 4 aliphatic rings. The summed E-state index contributed by atoms with van der Waals surface area (Å²) in [5.74, 6) is -1.62. The number of hydrogen-bond acceptors (Lipinski definition) is 19. The summed E-state index contributed by atoms with van der Waals surface area (Å²) in [6.07, 6.45) is -6.29. The Morgan fingerprint density at radius 1 is 0.667 bits per heavy atom. The van der Waals surface area contributed by atoms with Crippen LogP contribution in [0.4, 0.5) is 0 Å². The van der Waals surface area contributed by atoms with E-state index in [1.165, 1.54) is 17.7 Å². The van der Waals surface area contributed by atoms with Gasteiger partial charge >= 0.3 is 393 Å². The van der Waals surface area contributed by atoms with E-state index in [1.54, 1.807) is 0 Å². The molecule has 13 N–H and O–H groups in total. The Bertz CT molecular complexity index is 2160. The van der Waals surface area contributed by atoms with Crippen LogP contribution in [0.1, 0.15) is 77.0 Å². The van der Waals surface area contributed by atoms with Gasteiger partial charge in [0.2, 0.25) is 6.29 Å². The van der Waals surface area contributed by atoms with E-state index in [-0.39, 0.29) is 135 Å². The molecule has 0 aliphatic carbocycles. The van der Waals surface area contributed by atoms with Crippen LogP contribution >= 0.6 is 0 Å². The summed E-state index contributed by atoms with van der Waals surface area (Å²) >= 11 is -0.691. The number of carbonyl (C=O) groups excluding carboxylic acids is 6. The summed E-state index contributed by atoms with van der Waals surface area (Å²) in [4.78, 5) is 74.2. The molecule has 3 aromatic heterocycles. The summed E-state index contributed by atoms with van der Waals surface area (Å²) in [5, 5.41) is 80.7. The second-order valence-corrected chi connectivity index (χ2v) is 26.7. The number of aliphatic hydroxyl groups is 8.